The molecule has 0 aliphatic rings. The molecule has 6 N–H and O–H groups in total. The third kappa shape index (κ3) is 1590. The van der Waals surface area contributed by atoms with Crippen molar-refractivity contribution in [3.63, 3.8) is 0 Å². The van der Waals surface area contributed by atoms with Crippen molar-refractivity contribution in [2.75, 3.05) is 6.61 Å². The molecule has 0 aromatic rings. The summed E-state index contributed by atoms with van der Waals surface area (Å²) in [6.45, 7) is 5.38. The molecule has 5 heteroatoms. The Morgan fingerprint density at radius 3 is 1.20 bits per heavy atom. The third-order valence-electron chi connectivity index (χ3n) is 0. The Bertz CT molecular complexity index is 24.9. The third-order valence-corrected chi connectivity index (χ3v) is 0. The number of aliphatic hydroxyl groups is 2. The van der Waals surface area contributed by atoms with Gasteiger partial charge in [-0.05, 0) is 20.8 Å². The Hall–Kier alpha value is 0.554. The van der Waals surface area contributed by atoms with E-state index in [4.69, 9.17) is 10.2 Å². The summed E-state index contributed by atoms with van der Waals surface area (Å²) in [6.07, 6.45) is -0.167. The Morgan fingerprint density at radius 2 is 1.20 bits per heavy atom. The quantitative estimate of drug-likeness (QED) is 0.465. The van der Waals surface area contributed by atoms with Crippen molar-refractivity contribution in [2.24, 2.45) is 0 Å². The minimum atomic E-state index is -0.167. The molecular formula is C5H18O4Ti. The zero-order valence-electron chi connectivity index (χ0n) is 6.68. The van der Waals surface area contributed by atoms with Crippen LogP contribution >= 0.6 is 0 Å². The molecule has 4 nitrogen and oxygen atoms in total. The molecule has 66 valence electrons. The first-order chi connectivity index (χ1) is 3.15. The van der Waals surface area contributed by atoms with E-state index in [0.717, 1.165) is 0 Å². The van der Waals surface area contributed by atoms with E-state index in [-0.39, 0.29) is 45.4 Å². The molecule has 0 atom stereocenters. The second kappa shape index (κ2) is 33.7. The van der Waals surface area contributed by atoms with Crippen LogP contribution in [-0.2, 0) is 21.7 Å². The fourth-order valence-corrected chi connectivity index (χ4v) is 0. The van der Waals surface area contributed by atoms with E-state index in [1.165, 1.54) is 0 Å². The summed E-state index contributed by atoms with van der Waals surface area (Å²) in [7, 11) is 0. The van der Waals surface area contributed by atoms with Gasteiger partial charge in [0.2, 0.25) is 0 Å². The van der Waals surface area contributed by atoms with Gasteiger partial charge in [-0.3, -0.25) is 0 Å². The van der Waals surface area contributed by atoms with E-state index in [0.29, 0.717) is 0 Å². The van der Waals surface area contributed by atoms with Crippen LogP contribution < -0.4 is 0 Å². The van der Waals surface area contributed by atoms with Crippen molar-refractivity contribution in [1.82, 2.24) is 0 Å². The number of rotatable bonds is 0. The fraction of sp³-hybridized carbons (Fsp3) is 1.00. The molecule has 0 aromatic heterocycles. The first-order valence-electron chi connectivity index (χ1n) is 2.44. The van der Waals surface area contributed by atoms with Crippen LogP contribution in [0, 0.1) is 0 Å². The van der Waals surface area contributed by atoms with Gasteiger partial charge in [0, 0.05) is 34.4 Å². The summed E-state index contributed by atoms with van der Waals surface area (Å²) >= 11 is 0. The van der Waals surface area contributed by atoms with Gasteiger partial charge in [-0.25, -0.2) is 0 Å². The van der Waals surface area contributed by atoms with Crippen LogP contribution in [0.2, 0.25) is 0 Å². The zero-order valence-corrected chi connectivity index (χ0v) is 8.24. The predicted octanol–water partition coefficient (Wildman–Crippen LogP) is -1.27. The van der Waals surface area contributed by atoms with Gasteiger partial charge in [0.25, 0.3) is 0 Å². The first kappa shape index (κ1) is 31.2. The first-order valence-corrected chi connectivity index (χ1v) is 2.44. The van der Waals surface area contributed by atoms with Gasteiger partial charge < -0.3 is 21.2 Å². The molecule has 0 saturated heterocycles. The van der Waals surface area contributed by atoms with Gasteiger partial charge in [-0.1, -0.05) is 0 Å². The topological polar surface area (TPSA) is 103 Å². The Morgan fingerprint density at radius 1 is 1.20 bits per heavy atom. The second-order valence-electron chi connectivity index (χ2n) is 1.41. The summed E-state index contributed by atoms with van der Waals surface area (Å²) in [5.41, 5.74) is 0. The SMILES string of the molecule is CC(C)O.CCO.O.O.[Ti]. The Kier molecular flexibility index (Phi) is 105. The van der Waals surface area contributed by atoms with Crippen molar-refractivity contribution in [3.8, 4) is 0 Å². The van der Waals surface area contributed by atoms with Crippen LogP contribution in [0.15, 0.2) is 0 Å². The fourth-order valence-electron chi connectivity index (χ4n) is 0. The Labute approximate surface area is 76.8 Å². The molecule has 0 spiro atoms. The summed E-state index contributed by atoms with van der Waals surface area (Å²) in [5.74, 6) is 0. The molecular weight excluding hydrogens is 172 g/mol. The molecule has 10 heavy (non-hydrogen) atoms. The normalized spacial score (nSPS) is 5.40. The second-order valence-corrected chi connectivity index (χ2v) is 1.41. The maximum atomic E-state index is 8.06. The molecule has 0 bridgehead atoms. The van der Waals surface area contributed by atoms with Gasteiger partial charge in [-0.15, -0.1) is 0 Å². The van der Waals surface area contributed by atoms with Crippen LogP contribution in [0.4, 0.5) is 0 Å². The molecule has 0 radical (unpaired) electrons. The van der Waals surface area contributed by atoms with E-state index >= 15 is 0 Å². The standard InChI is InChI=1S/C3H8O.C2H6O.2H2O.Ti/c1-3(2)4;1-2-3;;;/h3-4H,1-2H3;3H,2H2,1H3;2*1H2;. The molecule has 0 heterocycles. The van der Waals surface area contributed by atoms with Gasteiger partial charge >= 0.3 is 0 Å². The minimum Gasteiger partial charge on any atom is -0.412 e. The molecule has 0 amide bonds. The average molecular weight is 190 g/mol. The van der Waals surface area contributed by atoms with Gasteiger partial charge in [-0.2, -0.15) is 0 Å². The van der Waals surface area contributed by atoms with Gasteiger partial charge in [0.1, 0.15) is 0 Å². The molecule has 0 aliphatic carbocycles. The van der Waals surface area contributed by atoms with Gasteiger partial charge in [0.05, 0.1) is 0 Å². The zero-order chi connectivity index (χ0) is 6.28. The maximum Gasteiger partial charge on any atom is 0.0483 e. The van der Waals surface area contributed by atoms with Crippen LogP contribution in [0.25, 0.3) is 0 Å². The predicted molar refractivity (Wildman–Crippen MR) is 37.3 cm³/mol. The van der Waals surface area contributed by atoms with E-state index in [1.807, 2.05) is 0 Å². The van der Waals surface area contributed by atoms with E-state index in [1.54, 1.807) is 20.8 Å². The molecule has 0 aliphatic heterocycles. The van der Waals surface area contributed by atoms with E-state index < -0.39 is 0 Å². The smallest absolute Gasteiger partial charge is 0.0483 e. The molecule has 0 rings (SSSR count). The van der Waals surface area contributed by atoms with E-state index in [2.05, 4.69) is 0 Å². The van der Waals surface area contributed by atoms with Crippen LogP contribution in [-0.4, -0.2) is 33.9 Å². The van der Waals surface area contributed by atoms with Crippen LogP contribution in [0.5, 0.6) is 0 Å². The van der Waals surface area contributed by atoms with Crippen LogP contribution in [0.3, 0.4) is 0 Å². The number of hydrogen-bond donors (Lipinski definition) is 2. The van der Waals surface area contributed by atoms with Crippen molar-refractivity contribution in [2.45, 2.75) is 26.9 Å². The van der Waals surface area contributed by atoms with Gasteiger partial charge in [0.15, 0.2) is 0 Å². The monoisotopic (exact) mass is 190 g/mol. The molecule has 0 aromatic carbocycles. The summed E-state index contributed by atoms with van der Waals surface area (Å²) < 4.78 is 0. The van der Waals surface area contributed by atoms with Crippen molar-refractivity contribution in [1.29, 1.82) is 0 Å². The summed E-state index contributed by atoms with van der Waals surface area (Å²) in [5, 5.41) is 15.6. The number of hydrogen-bond acceptors (Lipinski definition) is 2. The maximum absolute atomic E-state index is 8.06. The largest absolute Gasteiger partial charge is 0.412 e. The molecule has 0 fully saturated rings. The number of aliphatic hydroxyl groups excluding tert-OH is 2. The molecule has 0 unspecified atom stereocenters. The summed E-state index contributed by atoms with van der Waals surface area (Å²) in [6, 6.07) is 0. The van der Waals surface area contributed by atoms with Crippen LogP contribution in [0.1, 0.15) is 20.8 Å². The summed E-state index contributed by atoms with van der Waals surface area (Å²) in [4.78, 5) is 0. The van der Waals surface area contributed by atoms with E-state index in [9.17, 15) is 0 Å². The Balaban J connectivity index is -0.0000000131. The van der Waals surface area contributed by atoms with Crippen molar-refractivity contribution < 1.29 is 42.9 Å². The van der Waals surface area contributed by atoms with Crippen molar-refractivity contribution in [3.05, 3.63) is 0 Å². The average Bonchev–Trinajstić information content (AvgIpc) is 1.33. The minimum absolute atomic E-state index is 0. The molecule has 0 saturated carbocycles. The van der Waals surface area contributed by atoms with Crippen molar-refractivity contribution >= 4 is 0 Å².